The number of hydrogen-bond acceptors (Lipinski definition) is 3. The van der Waals surface area contributed by atoms with Gasteiger partial charge in [0.25, 0.3) is 0 Å². The summed E-state index contributed by atoms with van der Waals surface area (Å²) < 4.78 is 0. The van der Waals surface area contributed by atoms with Gasteiger partial charge in [0, 0.05) is 22.0 Å². The highest BCUT2D eigenvalue weighted by Gasteiger charge is 2.66. The van der Waals surface area contributed by atoms with Gasteiger partial charge in [0.2, 0.25) is 11.8 Å². The zero-order valence-electron chi connectivity index (χ0n) is 11.2. The van der Waals surface area contributed by atoms with E-state index in [-0.39, 0.29) is 35.5 Å². The van der Waals surface area contributed by atoms with Crippen LogP contribution >= 0.6 is 31.9 Å². The molecule has 3 fully saturated rings. The van der Waals surface area contributed by atoms with Crippen LogP contribution in [0.15, 0.2) is 24.5 Å². The van der Waals surface area contributed by atoms with Crippen LogP contribution in [0.2, 0.25) is 0 Å². The quantitative estimate of drug-likeness (QED) is 0.552. The first-order chi connectivity index (χ1) is 10.1. The minimum Gasteiger partial charge on any atom is -0.278 e. The molecule has 110 valence electrons. The van der Waals surface area contributed by atoms with Crippen LogP contribution in [0.5, 0.6) is 0 Å². The Morgan fingerprint density at radius 3 is 2.29 bits per heavy atom. The first kappa shape index (κ1) is 13.9. The Morgan fingerprint density at radius 1 is 1.14 bits per heavy atom. The van der Waals surface area contributed by atoms with Crippen molar-refractivity contribution in [3.8, 4) is 0 Å². The summed E-state index contributed by atoms with van der Waals surface area (Å²) in [7, 11) is 0. The molecule has 2 saturated carbocycles. The van der Waals surface area contributed by atoms with E-state index in [1.165, 1.54) is 4.90 Å². The summed E-state index contributed by atoms with van der Waals surface area (Å²) >= 11 is 7.38. The van der Waals surface area contributed by atoms with Crippen molar-refractivity contribution in [2.75, 3.05) is 0 Å². The Kier molecular flexibility index (Phi) is 3.23. The van der Waals surface area contributed by atoms with Crippen molar-refractivity contribution in [1.29, 1.82) is 0 Å². The average Bonchev–Trinajstić information content (AvgIpc) is 3.09. The number of carbonyl (C=O) groups excluding carboxylic acids is 2. The van der Waals surface area contributed by atoms with Crippen molar-refractivity contribution < 1.29 is 9.59 Å². The zero-order valence-corrected chi connectivity index (χ0v) is 14.3. The topological polar surface area (TPSA) is 50.3 Å². The van der Waals surface area contributed by atoms with E-state index in [2.05, 4.69) is 36.8 Å². The molecule has 0 aromatic carbocycles. The highest BCUT2D eigenvalue weighted by molar-refractivity contribution is 9.12. The van der Waals surface area contributed by atoms with Gasteiger partial charge in [-0.25, -0.2) is 0 Å². The van der Waals surface area contributed by atoms with Crippen LogP contribution in [-0.4, -0.2) is 31.4 Å². The molecule has 1 aliphatic heterocycles. The fourth-order valence-electron chi connectivity index (χ4n) is 4.24. The largest absolute Gasteiger partial charge is 0.278 e. The van der Waals surface area contributed by atoms with E-state index >= 15 is 0 Å². The number of aromatic nitrogens is 1. The van der Waals surface area contributed by atoms with Crippen LogP contribution in [0.4, 0.5) is 0 Å². The molecule has 0 unspecified atom stereocenters. The number of pyridine rings is 1. The molecule has 2 bridgehead atoms. The number of likely N-dealkylation sites (tertiary alicyclic amines) is 1. The Labute approximate surface area is 139 Å². The number of hydrogen-bond donors (Lipinski definition) is 0. The molecule has 21 heavy (non-hydrogen) atoms. The molecule has 2 amide bonds. The second kappa shape index (κ2) is 4.88. The molecule has 2 aliphatic carbocycles. The smallest absolute Gasteiger partial charge is 0.233 e. The molecule has 1 saturated heterocycles. The number of halogens is 2. The van der Waals surface area contributed by atoms with E-state index in [9.17, 15) is 9.59 Å². The van der Waals surface area contributed by atoms with E-state index in [0.29, 0.717) is 16.2 Å². The third-order valence-electron chi connectivity index (χ3n) is 5.14. The third-order valence-corrected chi connectivity index (χ3v) is 8.35. The van der Waals surface area contributed by atoms with Gasteiger partial charge < -0.3 is 0 Å². The molecule has 4 nitrogen and oxygen atoms in total. The molecule has 2 heterocycles. The first-order valence-electron chi connectivity index (χ1n) is 7.12. The molecular weight excluding hydrogens is 400 g/mol. The highest BCUT2D eigenvalue weighted by Crippen LogP contribution is 2.60. The number of carbonyl (C=O) groups is 2. The van der Waals surface area contributed by atoms with Gasteiger partial charge in [0.1, 0.15) is 0 Å². The van der Waals surface area contributed by atoms with Gasteiger partial charge >= 0.3 is 0 Å². The summed E-state index contributed by atoms with van der Waals surface area (Å²) in [6.07, 6.45) is 4.38. The van der Waals surface area contributed by atoms with Crippen molar-refractivity contribution in [1.82, 2.24) is 9.88 Å². The maximum atomic E-state index is 12.7. The minimum absolute atomic E-state index is 0.00482. The molecular formula is C15H14Br2N2O2. The van der Waals surface area contributed by atoms with Crippen molar-refractivity contribution in [2.45, 2.75) is 22.6 Å². The Balaban J connectivity index is 1.62. The van der Waals surface area contributed by atoms with E-state index in [1.54, 1.807) is 12.4 Å². The normalized spacial score (nSPS) is 41.0. The predicted molar refractivity (Wildman–Crippen MR) is 83.8 cm³/mol. The second-order valence-corrected chi connectivity index (χ2v) is 8.24. The molecule has 4 rings (SSSR count). The molecule has 6 atom stereocenters. The molecule has 0 radical (unpaired) electrons. The maximum Gasteiger partial charge on any atom is 0.233 e. The molecule has 0 spiro atoms. The summed E-state index contributed by atoms with van der Waals surface area (Å²) in [5, 5.41) is 0. The lowest BCUT2D eigenvalue weighted by atomic mass is 9.81. The lowest BCUT2D eigenvalue weighted by molar-refractivity contribution is -0.141. The van der Waals surface area contributed by atoms with E-state index in [0.717, 1.165) is 12.0 Å². The molecule has 3 aliphatic rings. The second-order valence-electron chi connectivity index (χ2n) is 6.13. The molecule has 0 N–H and O–H groups in total. The summed E-state index contributed by atoms with van der Waals surface area (Å²) in [6, 6.07) is 3.73. The zero-order chi connectivity index (χ0) is 14.7. The van der Waals surface area contributed by atoms with Crippen LogP contribution in [0.1, 0.15) is 12.0 Å². The Hall–Kier alpha value is -0.750. The minimum atomic E-state index is -0.127. The van der Waals surface area contributed by atoms with Crippen LogP contribution in [0, 0.1) is 23.7 Å². The van der Waals surface area contributed by atoms with Gasteiger partial charge in [-0.2, -0.15) is 0 Å². The van der Waals surface area contributed by atoms with Crippen molar-refractivity contribution >= 4 is 43.7 Å². The molecule has 6 heteroatoms. The monoisotopic (exact) mass is 412 g/mol. The van der Waals surface area contributed by atoms with E-state index in [4.69, 9.17) is 0 Å². The van der Waals surface area contributed by atoms with Gasteiger partial charge in [-0.1, -0.05) is 37.9 Å². The summed E-state index contributed by atoms with van der Waals surface area (Å²) in [4.78, 5) is 31.5. The van der Waals surface area contributed by atoms with Crippen LogP contribution in [-0.2, 0) is 16.1 Å². The number of fused-ring (bicyclic) bond motifs is 5. The van der Waals surface area contributed by atoms with Gasteiger partial charge in [0.05, 0.1) is 18.4 Å². The molecule has 1 aromatic rings. The number of amides is 2. The SMILES string of the molecule is O=C1[C@H]2[C@@H]3C[C@@H]([C@H](Br)[C@@H]3Br)[C@@H]2C(=O)N1Cc1cccnc1. The van der Waals surface area contributed by atoms with Crippen molar-refractivity contribution in [3.63, 3.8) is 0 Å². The number of imide groups is 1. The van der Waals surface area contributed by atoms with E-state index in [1.807, 2.05) is 12.1 Å². The Morgan fingerprint density at radius 2 is 1.76 bits per heavy atom. The third kappa shape index (κ3) is 1.88. The van der Waals surface area contributed by atoms with Crippen LogP contribution < -0.4 is 0 Å². The summed E-state index contributed by atoms with van der Waals surface area (Å²) in [5.74, 6) is 0.310. The first-order valence-corrected chi connectivity index (χ1v) is 8.95. The average molecular weight is 414 g/mol. The van der Waals surface area contributed by atoms with Gasteiger partial charge in [-0.05, 0) is 29.9 Å². The number of nitrogens with zero attached hydrogens (tertiary/aromatic N) is 2. The predicted octanol–water partition coefficient (Wildman–Crippen LogP) is 2.36. The fourth-order valence-corrected chi connectivity index (χ4v) is 6.11. The lowest BCUT2D eigenvalue weighted by Crippen LogP contribution is -2.37. The highest BCUT2D eigenvalue weighted by atomic mass is 79.9. The molecule has 1 aromatic heterocycles. The van der Waals surface area contributed by atoms with Crippen LogP contribution in [0.3, 0.4) is 0 Å². The van der Waals surface area contributed by atoms with Gasteiger partial charge in [-0.3, -0.25) is 19.5 Å². The van der Waals surface area contributed by atoms with Gasteiger partial charge in [0.15, 0.2) is 0 Å². The standard InChI is InChI=1S/C15H14Br2N2O2/c16-12-8-4-9(13(12)17)11-10(8)14(20)19(15(11)21)6-7-2-1-3-18-5-7/h1-3,5,8-13H,4,6H2/t8-,9+,10-,11-,12+,13-/m0/s1. The van der Waals surface area contributed by atoms with E-state index < -0.39 is 0 Å². The number of rotatable bonds is 2. The fraction of sp³-hybridized carbons (Fsp3) is 0.533. The summed E-state index contributed by atoms with van der Waals surface area (Å²) in [5.41, 5.74) is 0.900. The van der Waals surface area contributed by atoms with Crippen molar-refractivity contribution in [3.05, 3.63) is 30.1 Å². The maximum absolute atomic E-state index is 12.7. The van der Waals surface area contributed by atoms with Gasteiger partial charge in [-0.15, -0.1) is 0 Å². The lowest BCUT2D eigenvalue weighted by Gasteiger charge is -2.28. The Bertz CT molecular complexity index is 577. The number of alkyl halides is 2. The summed E-state index contributed by atoms with van der Waals surface area (Å²) in [6.45, 7) is 0.345. The van der Waals surface area contributed by atoms with Crippen LogP contribution in [0.25, 0.3) is 0 Å². The van der Waals surface area contributed by atoms with Crippen molar-refractivity contribution in [2.24, 2.45) is 23.7 Å².